The molecule has 0 spiro atoms. The highest BCUT2D eigenvalue weighted by Gasteiger charge is 2.19. The van der Waals surface area contributed by atoms with Crippen LogP contribution in [-0.2, 0) is 0 Å². The molecule has 0 radical (unpaired) electrons. The average Bonchev–Trinajstić information content (AvgIpc) is 2.89. The van der Waals surface area contributed by atoms with Gasteiger partial charge >= 0.3 is 0 Å². The van der Waals surface area contributed by atoms with E-state index in [9.17, 15) is 9.18 Å². The summed E-state index contributed by atoms with van der Waals surface area (Å²) in [5, 5.41) is 6.94. The molecule has 1 amide bonds. The van der Waals surface area contributed by atoms with E-state index >= 15 is 0 Å². The van der Waals surface area contributed by atoms with E-state index in [2.05, 4.69) is 10.6 Å². The molecule has 20 heavy (non-hydrogen) atoms. The van der Waals surface area contributed by atoms with Gasteiger partial charge in [-0.05, 0) is 37.6 Å². The first-order chi connectivity index (χ1) is 9.65. The molecule has 0 unspecified atom stereocenters. The van der Waals surface area contributed by atoms with Crippen LogP contribution in [0, 0.1) is 5.82 Å². The maximum atomic E-state index is 13.4. The molecule has 3 nitrogen and oxygen atoms in total. The Morgan fingerprint density at radius 3 is 3.10 bits per heavy atom. The van der Waals surface area contributed by atoms with Crippen molar-refractivity contribution in [3.05, 3.63) is 33.9 Å². The summed E-state index contributed by atoms with van der Waals surface area (Å²) in [6.45, 7) is 1.80. The van der Waals surface area contributed by atoms with Crippen LogP contribution in [0.15, 0.2) is 18.2 Å². The van der Waals surface area contributed by atoms with Crippen LogP contribution >= 0.6 is 22.9 Å². The van der Waals surface area contributed by atoms with Crippen molar-refractivity contribution >= 4 is 38.9 Å². The summed E-state index contributed by atoms with van der Waals surface area (Å²) in [7, 11) is 0. The zero-order chi connectivity index (χ0) is 14.1. The quantitative estimate of drug-likeness (QED) is 0.894. The molecule has 0 aliphatic carbocycles. The number of piperidine rings is 1. The fraction of sp³-hybridized carbons (Fsp3) is 0.357. The van der Waals surface area contributed by atoms with Crippen LogP contribution in [0.5, 0.6) is 0 Å². The SMILES string of the molecule is O=C(N[C@@H]1CCCNC1)c1cc2c(Cl)c(F)ccc2s1. The van der Waals surface area contributed by atoms with Crippen molar-refractivity contribution in [3.8, 4) is 0 Å². The molecule has 0 bridgehead atoms. The number of hydrogen-bond donors (Lipinski definition) is 2. The fourth-order valence-corrected chi connectivity index (χ4v) is 3.64. The van der Waals surface area contributed by atoms with E-state index in [0.29, 0.717) is 10.3 Å². The van der Waals surface area contributed by atoms with Gasteiger partial charge in [0.25, 0.3) is 5.91 Å². The van der Waals surface area contributed by atoms with Crippen molar-refractivity contribution in [2.24, 2.45) is 0 Å². The lowest BCUT2D eigenvalue weighted by molar-refractivity contribution is 0.0935. The number of carbonyl (C=O) groups is 1. The Morgan fingerprint density at radius 2 is 2.35 bits per heavy atom. The van der Waals surface area contributed by atoms with Crippen LogP contribution in [0.4, 0.5) is 4.39 Å². The molecule has 3 rings (SSSR count). The normalized spacial score (nSPS) is 19.2. The number of carbonyl (C=O) groups excluding carboxylic acids is 1. The van der Waals surface area contributed by atoms with E-state index in [-0.39, 0.29) is 17.0 Å². The molecule has 1 fully saturated rings. The van der Waals surface area contributed by atoms with Gasteiger partial charge in [0, 0.05) is 22.7 Å². The van der Waals surface area contributed by atoms with E-state index < -0.39 is 5.82 Å². The van der Waals surface area contributed by atoms with Gasteiger partial charge in [0.2, 0.25) is 0 Å². The number of rotatable bonds is 2. The van der Waals surface area contributed by atoms with Crippen LogP contribution in [0.1, 0.15) is 22.5 Å². The smallest absolute Gasteiger partial charge is 0.261 e. The molecule has 2 aromatic rings. The standard InChI is InChI=1S/C14H14ClFN2OS/c15-13-9-6-12(20-11(9)4-3-10(13)16)14(19)18-8-2-1-5-17-7-8/h3-4,6,8,17H,1-2,5,7H2,(H,18,19)/t8-/m1/s1. The van der Waals surface area contributed by atoms with Gasteiger partial charge in [-0.3, -0.25) is 4.79 Å². The lowest BCUT2D eigenvalue weighted by atomic mass is 10.1. The molecule has 1 aromatic carbocycles. The van der Waals surface area contributed by atoms with E-state index in [0.717, 1.165) is 30.6 Å². The number of thiophene rings is 1. The van der Waals surface area contributed by atoms with Crippen molar-refractivity contribution in [2.75, 3.05) is 13.1 Å². The van der Waals surface area contributed by atoms with Crippen molar-refractivity contribution in [1.82, 2.24) is 10.6 Å². The molecule has 1 atom stereocenters. The second-order valence-corrected chi connectivity index (χ2v) is 6.36. The van der Waals surface area contributed by atoms with Gasteiger partial charge in [-0.25, -0.2) is 4.39 Å². The lowest BCUT2D eigenvalue weighted by Crippen LogP contribution is -2.45. The van der Waals surface area contributed by atoms with E-state index in [1.54, 1.807) is 12.1 Å². The molecule has 1 aromatic heterocycles. The Morgan fingerprint density at radius 1 is 1.50 bits per heavy atom. The molecule has 0 saturated carbocycles. The number of halogens is 2. The Hall–Kier alpha value is -1.17. The zero-order valence-corrected chi connectivity index (χ0v) is 12.3. The molecular formula is C14H14ClFN2OS. The molecule has 6 heteroatoms. The monoisotopic (exact) mass is 312 g/mol. The van der Waals surface area contributed by atoms with E-state index in [1.165, 1.54) is 17.4 Å². The summed E-state index contributed by atoms with van der Waals surface area (Å²) in [5.41, 5.74) is 0. The third-order valence-electron chi connectivity index (χ3n) is 3.44. The van der Waals surface area contributed by atoms with Crippen LogP contribution in [0.25, 0.3) is 10.1 Å². The molecule has 106 valence electrons. The van der Waals surface area contributed by atoms with Gasteiger partial charge in [0.05, 0.1) is 9.90 Å². The highest BCUT2D eigenvalue weighted by atomic mass is 35.5. The first-order valence-corrected chi connectivity index (χ1v) is 7.74. The summed E-state index contributed by atoms with van der Waals surface area (Å²) in [5.74, 6) is -0.572. The second kappa shape index (κ2) is 5.68. The summed E-state index contributed by atoms with van der Waals surface area (Å²) in [6.07, 6.45) is 2.05. The Labute approximate surface area is 125 Å². The topological polar surface area (TPSA) is 41.1 Å². The number of fused-ring (bicyclic) bond motifs is 1. The van der Waals surface area contributed by atoms with Crippen LogP contribution in [-0.4, -0.2) is 25.0 Å². The highest BCUT2D eigenvalue weighted by Crippen LogP contribution is 2.32. The van der Waals surface area contributed by atoms with Gasteiger partial charge in [0.1, 0.15) is 5.82 Å². The molecule has 1 aliphatic heterocycles. The maximum absolute atomic E-state index is 13.4. The third-order valence-corrected chi connectivity index (χ3v) is 4.93. The van der Waals surface area contributed by atoms with Gasteiger partial charge < -0.3 is 10.6 Å². The van der Waals surface area contributed by atoms with Gasteiger partial charge in [-0.15, -0.1) is 11.3 Å². The minimum Gasteiger partial charge on any atom is -0.347 e. The molecule has 1 saturated heterocycles. The van der Waals surface area contributed by atoms with Crippen molar-refractivity contribution < 1.29 is 9.18 Å². The highest BCUT2D eigenvalue weighted by molar-refractivity contribution is 7.20. The van der Waals surface area contributed by atoms with Gasteiger partial charge in [0.15, 0.2) is 0 Å². The predicted octanol–water partition coefficient (Wildman–Crippen LogP) is 3.18. The largest absolute Gasteiger partial charge is 0.347 e. The van der Waals surface area contributed by atoms with Crippen molar-refractivity contribution in [2.45, 2.75) is 18.9 Å². The van der Waals surface area contributed by atoms with Crippen molar-refractivity contribution in [1.29, 1.82) is 0 Å². The molecule has 2 heterocycles. The van der Waals surface area contributed by atoms with E-state index in [4.69, 9.17) is 11.6 Å². The minimum absolute atomic E-state index is 0.0807. The Kier molecular flexibility index (Phi) is 3.92. The number of hydrogen-bond acceptors (Lipinski definition) is 3. The van der Waals surface area contributed by atoms with Crippen LogP contribution < -0.4 is 10.6 Å². The average molecular weight is 313 g/mol. The zero-order valence-electron chi connectivity index (χ0n) is 10.7. The molecule has 2 N–H and O–H groups in total. The first-order valence-electron chi connectivity index (χ1n) is 6.54. The van der Waals surface area contributed by atoms with Crippen LogP contribution in [0.3, 0.4) is 0 Å². The summed E-state index contributed by atoms with van der Waals surface area (Å²) in [6, 6.07) is 4.80. The Bertz CT molecular complexity index is 652. The summed E-state index contributed by atoms with van der Waals surface area (Å²) < 4.78 is 14.2. The number of nitrogens with one attached hydrogen (secondary N) is 2. The predicted molar refractivity (Wildman–Crippen MR) is 80.2 cm³/mol. The lowest BCUT2D eigenvalue weighted by Gasteiger charge is -2.23. The maximum Gasteiger partial charge on any atom is 0.261 e. The fourth-order valence-electron chi connectivity index (χ4n) is 2.39. The minimum atomic E-state index is -0.458. The number of benzene rings is 1. The van der Waals surface area contributed by atoms with Crippen LogP contribution in [0.2, 0.25) is 5.02 Å². The van der Waals surface area contributed by atoms with Crippen molar-refractivity contribution in [3.63, 3.8) is 0 Å². The second-order valence-electron chi connectivity index (χ2n) is 4.90. The molecule has 1 aliphatic rings. The summed E-state index contributed by atoms with van der Waals surface area (Å²) in [4.78, 5) is 12.8. The first kappa shape index (κ1) is 13.8. The van der Waals surface area contributed by atoms with Gasteiger partial charge in [-0.1, -0.05) is 11.6 Å². The van der Waals surface area contributed by atoms with E-state index in [1.807, 2.05) is 0 Å². The molecular weight excluding hydrogens is 299 g/mol. The van der Waals surface area contributed by atoms with Gasteiger partial charge in [-0.2, -0.15) is 0 Å². The third kappa shape index (κ3) is 2.66. The number of amides is 1. The summed E-state index contributed by atoms with van der Waals surface area (Å²) >= 11 is 7.26. The Balaban J connectivity index is 1.82.